The zero-order chi connectivity index (χ0) is 27.8. The molecule has 226 valence electrons. The maximum absolute atomic E-state index is 9.98. The SMILES string of the molecule is CO[Si](CCCCCCCCCCCCCCCCCCCCCCCCCCCCN=C=O)(OC)OC. The predicted octanol–water partition coefficient (Wildman–Crippen LogP) is 10.3. The van der Waals surface area contributed by atoms with E-state index in [-0.39, 0.29) is 0 Å². The standard InChI is InChI=1S/C32H65NO4Si/c1-35-38(36-2,37-3)31-29-27-25-23-21-19-17-15-13-11-9-7-5-4-6-8-10-12-14-16-18-20-22-24-26-28-30-33-32-34/h4-31H2,1-3H3. The monoisotopic (exact) mass is 555 g/mol. The number of rotatable bonds is 32. The lowest BCUT2D eigenvalue weighted by molar-refractivity contribution is 0.122. The fourth-order valence-electron chi connectivity index (χ4n) is 5.38. The minimum Gasteiger partial charge on any atom is -0.377 e. The van der Waals surface area contributed by atoms with Gasteiger partial charge in [-0.1, -0.05) is 154 Å². The van der Waals surface area contributed by atoms with Crippen molar-refractivity contribution in [3.63, 3.8) is 0 Å². The van der Waals surface area contributed by atoms with E-state index in [4.69, 9.17) is 13.3 Å². The van der Waals surface area contributed by atoms with Crippen LogP contribution >= 0.6 is 0 Å². The molecule has 0 heterocycles. The molecular weight excluding hydrogens is 490 g/mol. The van der Waals surface area contributed by atoms with E-state index < -0.39 is 8.80 Å². The first-order valence-electron chi connectivity index (χ1n) is 16.4. The molecule has 0 atom stereocenters. The number of hydrogen-bond donors (Lipinski definition) is 0. The Labute approximate surface area is 238 Å². The number of hydrogen-bond acceptors (Lipinski definition) is 5. The van der Waals surface area contributed by atoms with Crippen LogP contribution in [-0.2, 0) is 18.1 Å². The summed E-state index contributed by atoms with van der Waals surface area (Å²) in [7, 11) is 2.76. The third-order valence-corrected chi connectivity index (χ3v) is 10.8. The van der Waals surface area contributed by atoms with Crippen molar-refractivity contribution >= 4 is 14.9 Å². The maximum Gasteiger partial charge on any atom is 0.500 e. The Balaban J connectivity index is 3.14. The van der Waals surface area contributed by atoms with E-state index in [2.05, 4.69) is 4.99 Å². The van der Waals surface area contributed by atoms with Crippen LogP contribution in [0.3, 0.4) is 0 Å². The summed E-state index contributed by atoms with van der Waals surface area (Å²) in [5.41, 5.74) is 0. The molecule has 0 saturated carbocycles. The average Bonchev–Trinajstić information content (AvgIpc) is 2.94. The van der Waals surface area contributed by atoms with Gasteiger partial charge in [0.05, 0.1) is 6.54 Å². The molecule has 0 radical (unpaired) electrons. The highest BCUT2D eigenvalue weighted by atomic mass is 28.4. The quantitative estimate of drug-likeness (QED) is 0.0358. The van der Waals surface area contributed by atoms with Crippen LogP contribution in [0, 0.1) is 0 Å². The largest absolute Gasteiger partial charge is 0.500 e. The van der Waals surface area contributed by atoms with Crippen LogP contribution in [0.1, 0.15) is 167 Å². The van der Waals surface area contributed by atoms with Gasteiger partial charge in [-0.3, -0.25) is 0 Å². The highest BCUT2D eigenvalue weighted by Crippen LogP contribution is 2.19. The van der Waals surface area contributed by atoms with Crippen LogP contribution < -0.4 is 0 Å². The molecular formula is C32H65NO4Si. The van der Waals surface area contributed by atoms with Crippen molar-refractivity contribution in [1.29, 1.82) is 0 Å². The van der Waals surface area contributed by atoms with Gasteiger partial charge in [-0.15, -0.1) is 0 Å². The minimum absolute atomic E-state index is 0.663. The first-order chi connectivity index (χ1) is 18.7. The molecule has 0 unspecified atom stereocenters. The Bertz CT molecular complexity index is 501. The van der Waals surface area contributed by atoms with Crippen molar-refractivity contribution in [2.24, 2.45) is 4.99 Å². The molecule has 0 spiro atoms. The Morgan fingerprint density at radius 1 is 0.421 bits per heavy atom. The van der Waals surface area contributed by atoms with Crippen molar-refractivity contribution in [3.8, 4) is 0 Å². The summed E-state index contributed by atoms with van der Waals surface area (Å²) in [6.45, 7) is 0.663. The van der Waals surface area contributed by atoms with Gasteiger partial charge in [0, 0.05) is 27.4 Å². The van der Waals surface area contributed by atoms with E-state index in [0.717, 1.165) is 18.9 Å². The van der Waals surface area contributed by atoms with Crippen LogP contribution in [0.2, 0.25) is 6.04 Å². The summed E-state index contributed by atoms with van der Waals surface area (Å²) in [4.78, 5) is 13.6. The van der Waals surface area contributed by atoms with Crippen LogP contribution in [0.25, 0.3) is 0 Å². The molecule has 5 nitrogen and oxygen atoms in total. The average molecular weight is 556 g/mol. The van der Waals surface area contributed by atoms with E-state index in [9.17, 15) is 4.79 Å². The van der Waals surface area contributed by atoms with Gasteiger partial charge in [-0.2, -0.15) is 0 Å². The van der Waals surface area contributed by atoms with Gasteiger partial charge in [-0.25, -0.2) is 9.79 Å². The third-order valence-electron chi connectivity index (χ3n) is 8.00. The van der Waals surface area contributed by atoms with E-state index in [1.807, 2.05) is 0 Å². The van der Waals surface area contributed by atoms with Crippen LogP contribution in [-0.4, -0.2) is 42.8 Å². The molecule has 0 saturated heterocycles. The van der Waals surface area contributed by atoms with Gasteiger partial charge in [0.25, 0.3) is 0 Å². The molecule has 0 bridgehead atoms. The lowest BCUT2D eigenvalue weighted by Gasteiger charge is -2.24. The van der Waals surface area contributed by atoms with Crippen LogP contribution in [0.5, 0.6) is 0 Å². The number of aliphatic imine (C=N–C) groups is 1. The topological polar surface area (TPSA) is 57.1 Å². The molecule has 0 aliphatic rings. The fraction of sp³-hybridized carbons (Fsp3) is 0.969. The Morgan fingerprint density at radius 3 is 0.895 bits per heavy atom. The minimum atomic E-state index is -2.35. The summed E-state index contributed by atoms with van der Waals surface area (Å²) in [6, 6.07) is 0.932. The number of carbonyl (C=O) groups excluding carboxylic acids is 1. The van der Waals surface area contributed by atoms with Gasteiger partial charge in [0.2, 0.25) is 6.08 Å². The van der Waals surface area contributed by atoms with Gasteiger partial charge in [0.15, 0.2) is 0 Å². The summed E-state index contributed by atoms with van der Waals surface area (Å²) in [6.07, 6.45) is 37.3. The summed E-state index contributed by atoms with van der Waals surface area (Å²) < 4.78 is 16.5. The number of isocyanates is 1. The van der Waals surface area contributed by atoms with Gasteiger partial charge < -0.3 is 13.3 Å². The summed E-state index contributed by atoms with van der Waals surface area (Å²) in [5, 5.41) is 0. The van der Waals surface area contributed by atoms with Gasteiger partial charge in [0.1, 0.15) is 0 Å². The van der Waals surface area contributed by atoms with E-state index in [1.165, 1.54) is 154 Å². The zero-order valence-electron chi connectivity index (χ0n) is 25.9. The molecule has 6 heteroatoms. The molecule has 0 aromatic rings. The fourth-order valence-corrected chi connectivity index (χ4v) is 7.17. The second kappa shape index (κ2) is 31.0. The van der Waals surface area contributed by atoms with Crippen LogP contribution in [0.15, 0.2) is 4.99 Å². The first-order valence-corrected chi connectivity index (χ1v) is 18.4. The molecule has 0 aromatic carbocycles. The van der Waals surface area contributed by atoms with Crippen LogP contribution in [0.4, 0.5) is 0 Å². The molecule has 0 rings (SSSR count). The number of unbranched alkanes of at least 4 members (excludes halogenated alkanes) is 25. The third kappa shape index (κ3) is 25.7. The Kier molecular flexibility index (Phi) is 30.6. The summed E-state index contributed by atoms with van der Waals surface area (Å²) in [5.74, 6) is 0. The van der Waals surface area contributed by atoms with Crippen molar-refractivity contribution < 1.29 is 18.1 Å². The molecule has 0 aliphatic heterocycles. The van der Waals surface area contributed by atoms with Gasteiger partial charge in [-0.05, 0) is 12.8 Å². The molecule has 0 aromatic heterocycles. The van der Waals surface area contributed by atoms with Crippen molar-refractivity contribution in [3.05, 3.63) is 0 Å². The van der Waals surface area contributed by atoms with E-state index in [1.54, 1.807) is 27.4 Å². The van der Waals surface area contributed by atoms with Crippen molar-refractivity contribution in [1.82, 2.24) is 0 Å². The zero-order valence-corrected chi connectivity index (χ0v) is 26.9. The Morgan fingerprint density at radius 2 is 0.658 bits per heavy atom. The molecule has 0 aliphatic carbocycles. The first kappa shape index (κ1) is 37.5. The summed E-state index contributed by atoms with van der Waals surface area (Å²) >= 11 is 0. The second-order valence-corrected chi connectivity index (χ2v) is 14.3. The van der Waals surface area contributed by atoms with E-state index >= 15 is 0 Å². The number of nitrogens with zero attached hydrogens (tertiary/aromatic N) is 1. The smallest absolute Gasteiger partial charge is 0.377 e. The molecule has 38 heavy (non-hydrogen) atoms. The lowest BCUT2D eigenvalue weighted by atomic mass is 10.0. The molecule has 0 fully saturated rings. The lowest BCUT2D eigenvalue weighted by Crippen LogP contribution is -2.42. The molecule has 0 N–H and O–H groups in total. The van der Waals surface area contributed by atoms with Crippen molar-refractivity contribution in [2.45, 2.75) is 173 Å². The van der Waals surface area contributed by atoms with Gasteiger partial charge >= 0.3 is 8.80 Å². The predicted molar refractivity (Wildman–Crippen MR) is 165 cm³/mol. The normalized spacial score (nSPS) is 11.7. The van der Waals surface area contributed by atoms with Crippen molar-refractivity contribution in [2.75, 3.05) is 27.9 Å². The second-order valence-electron chi connectivity index (χ2n) is 11.2. The highest BCUT2D eigenvalue weighted by Gasteiger charge is 2.36. The highest BCUT2D eigenvalue weighted by molar-refractivity contribution is 6.60. The van der Waals surface area contributed by atoms with E-state index in [0.29, 0.717) is 6.54 Å². The maximum atomic E-state index is 9.98. The molecule has 0 amide bonds. The Hall–Kier alpha value is -0.523.